The van der Waals surface area contributed by atoms with Crippen molar-refractivity contribution in [3.05, 3.63) is 0 Å². The maximum absolute atomic E-state index is 12.9. The molecule has 1 aliphatic rings. The predicted molar refractivity (Wildman–Crippen MR) is 90.2 cm³/mol. The van der Waals surface area contributed by atoms with E-state index in [1.807, 2.05) is 34.6 Å². The van der Waals surface area contributed by atoms with Gasteiger partial charge in [0.25, 0.3) is 0 Å². The summed E-state index contributed by atoms with van der Waals surface area (Å²) in [5, 5.41) is 8.82. The largest absolute Gasteiger partial charge is 0.339 e. The molecule has 0 aliphatic carbocycles. The minimum Gasteiger partial charge on any atom is -0.339 e. The molecule has 138 valence electrons. The molecule has 2 N–H and O–H groups in total. The number of nitrogens with one attached hydrogen (secondary N) is 1. The molecule has 0 bridgehead atoms. The molecule has 1 aliphatic heterocycles. The molecule has 1 fully saturated rings. The first-order valence-electron chi connectivity index (χ1n) is 8.42. The lowest BCUT2D eigenvalue weighted by Gasteiger charge is -2.34. The molecule has 0 spiro atoms. The molecule has 1 rings (SSSR count). The number of hydrogen-bond donors (Lipinski definition) is 2. The first kappa shape index (κ1) is 20.4. The van der Waals surface area contributed by atoms with Gasteiger partial charge in [-0.3, -0.25) is 19.6 Å². The number of nitrogens with zero attached hydrogens (tertiary/aromatic N) is 2. The van der Waals surface area contributed by atoms with Crippen LogP contribution in [0.5, 0.6) is 0 Å². The molecule has 1 heterocycles. The van der Waals surface area contributed by atoms with Crippen molar-refractivity contribution in [2.75, 3.05) is 20.1 Å². The molecule has 1 saturated heterocycles. The zero-order valence-corrected chi connectivity index (χ0v) is 15.7. The van der Waals surface area contributed by atoms with Gasteiger partial charge in [0.2, 0.25) is 17.7 Å². The van der Waals surface area contributed by atoms with Crippen LogP contribution in [0.15, 0.2) is 0 Å². The fraction of sp³-hybridized carbons (Fsp3) is 0.824. The second kappa shape index (κ2) is 7.51. The zero-order chi connectivity index (χ0) is 18.7. The van der Waals surface area contributed by atoms with Gasteiger partial charge in [-0.15, -0.1) is 0 Å². The molecule has 0 saturated carbocycles. The van der Waals surface area contributed by atoms with E-state index in [1.165, 1.54) is 4.90 Å². The Balaban J connectivity index is 2.89. The average molecular weight is 341 g/mol. The zero-order valence-electron chi connectivity index (χ0n) is 15.7. The Morgan fingerprint density at radius 2 is 1.96 bits per heavy atom. The quantitative estimate of drug-likeness (QED) is 0.564. The van der Waals surface area contributed by atoms with E-state index < -0.39 is 11.3 Å². The van der Waals surface area contributed by atoms with Crippen molar-refractivity contribution in [2.24, 2.45) is 11.3 Å². The lowest BCUT2D eigenvalue weighted by atomic mass is 9.76. The molecular weight excluding hydrogens is 310 g/mol. The summed E-state index contributed by atoms with van der Waals surface area (Å²) in [5.41, 5.74) is 0.474. The fourth-order valence-corrected chi connectivity index (χ4v) is 3.24. The van der Waals surface area contributed by atoms with Gasteiger partial charge < -0.3 is 9.80 Å². The van der Waals surface area contributed by atoms with Crippen LogP contribution in [0.2, 0.25) is 0 Å². The number of likely N-dealkylation sites (N-methyl/N-ethyl adjacent to an activating group) is 1. The molecule has 0 aromatic heterocycles. The molecule has 1 atom stereocenters. The van der Waals surface area contributed by atoms with Gasteiger partial charge in [0.15, 0.2) is 0 Å². The maximum atomic E-state index is 12.9. The third-order valence-electron chi connectivity index (χ3n) is 4.73. The van der Waals surface area contributed by atoms with Gasteiger partial charge >= 0.3 is 0 Å². The molecule has 1 unspecified atom stereocenters. The van der Waals surface area contributed by atoms with Gasteiger partial charge in [-0.1, -0.05) is 13.8 Å². The molecule has 0 aromatic rings. The van der Waals surface area contributed by atoms with Crippen LogP contribution in [-0.4, -0.2) is 58.4 Å². The highest BCUT2D eigenvalue weighted by molar-refractivity contribution is 5.93. The monoisotopic (exact) mass is 341 g/mol. The summed E-state index contributed by atoms with van der Waals surface area (Å²) < 4.78 is 0. The van der Waals surface area contributed by atoms with Crippen molar-refractivity contribution in [3.63, 3.8) is 0 Å². The van der Waals surface area contributed by atoms with Crippen molar-refractivity contribution < 1.29 is 19.6 Å². The minimum atomic E-state index is -0.832. The normalized spacial score (nSPS) is 21.3. The second-order valence-corrected chi connectivity index (χ2v) is 8.19. The average Bonchev–Trinajstić information content (AvgIpc) is 2.74. The summed E-state index contributed by atoms with van der Waals surface area (Å²) in [4.78, 5) is 40.2. The molecule has 24 heavy (non-hydrogen) atoms. The van der Waals surface area contributed by atoms with Crippen molar-refractivity contribution in [1.29, 1.82) is 0 Å². The van der Waals surface area contributed by atoms with E-state index in [-0.39, 0.29) is 36.2 Å². The first-order valence-corrected chi connectivity index (χ1v) is 8.42. The van der Waals surface area contributed by atoms with E-state index in [0.717, 1.165) is 0 Å². The van der Waals surface area contributed by atoms with Gasteiger partial charge in [-0.25, -0.2) is 5.48 Å². The van der Waals surface area contributed by atoms with Crippen LogP contribution in [0.1, 0.15) is 53.9 Å². The van der Waals surface area contributed by atoms with Gasteiger partial charge in [-0.05, 0) is 39.5 Å². The van der Waals surface area contributed by atoms with Crippen molar-refractivity contribution in [2.45, 2.75) is 59.4 Å². The van der Waals surface area contributed by atoms with Gasteiger partial charge in [0.05, 0.1) is 12.0 Å². The summed E-state index contributed by atoms with van der Waals surface area (Å²) in [6.07, 6.45) is 1.02. The van der Waals surface area contributed by atoms with Crippen LogP contribution in [0.3, 0.4) is 0 Å². The Morgan fingerprint density at radius 3 is 2.42 bits per heavy atom. The van der Waals surface area contributed by atoms with E-state index in [2.05, 4.69) is 0 Å². The topological polar surface area (TPSA) is 89.9 Å². The predicted octanol–water partition coefficient (Wildman–Crippen LogP) is 1.40. The maximum Gasteiger partial charge on any atom is 0.244 e. The number of rotatable bonds is 6. The van der Waals surface area contributed by atoms with E-state index in [1.54, 1.807) is 17.4 Å². The number of carbonyl (C=O) groups excluding carboxylic acids is 3. The summed E-state index contributed by atoms with van der Waals surface area (Å²) in [6, 6.07) is 0. The summed E-state index contributed by atoms with van der Waals surface area (Å²) in [6.45, 7) is 10.3. The van der Waals surface area contributed by atoms with Crippen LogP contribution in [0.25, 0.3) is 0 Å². The Hall–Kier alpha value is -1.63. The highest BCUT2D eigenvalue weighted by Crippen LogP contribution is 2.41. The number of hydrogen-bond acceptors (Lipinski definition) is 4. The lowest BCUT2D eigenvalue weighted by molar-refractivity contribution is -0.146. The Labute approximate surface area is 144 Å². The SMILES string of the molecule is CC(C)CC1(CC(=O)NO)CCN(CC(=O)N(C)C(C)(C)C)C1=O. The van der Waals surface area contributed by atoms with Crippen molar-refractivity contribution in [3.8, 4) is 0 Å². The third kappa shape index (κ3) is 4.69. The van der Waals surface area contributed by atoms with E-state index in [9.17, 15) is 14.4 Å². The van der Waals surface area contributed by atoms with Gasteiger partial charge in [-0.2, -0.15) is 0 Å². The Kier molecular flexibility index (Phi) is 6.38. The van der Waals surface area contributed by atoms with Crippen LogP contribution in [0.4, 0.5) is 0 Å². The second-order valence-electron chi connectivity index (χ2n) is 8.19. The highest BCUT2D eigenvalue weighted by atomic mass is 16.5. The number of likely N-dealkylation sites (tertiary alicyclic amines) is 1. The minimum absolute atomic E-state index is 0.0210. The fourth-order valence-electron chi connectivity index (χ4n) is 3.24. The van der Waals surface area contributed by atoms with Crippen LogP contribution in [0, 0.1) is 11.3 Å². The van der Waals surface area contributed by atoms with E-state index >= 15 is 0 Å². The highest BCUT2D eigenvalue weighted by Gasteiger charge is 2.48. The summed E-state index contributed by atoms with van der Waals surface area (Å²) in [5.74, 6) is -0.629. The van der Waals surface area contributed by atoms with Crippen molar-refractivity contribution >= 4 is 17.7 Å². The molecule has 7 heteroatoms. The first-order chi connectivity index (χ1) is 10.9. The number of hydroxylamine groups is 1. The third-order valence-corrected chi connectivity index (χ3v) is 4.73. The van der Waals surface area contributed by atoms with E-state index in [0.29, 0.717) is 19.4 Å². The lowest BCUT2D eigenvalue weighted by Crippen LogP contribution is -2.48. The Morgan fingerprint density at radius 1 is 1.38 bits per heavy atom. The van der Waals surface area contributed by atoms with Gasteiger partial charge in [0, 0.05) is 25.6 Å². The van der Waals surface area contributed by atoms with Crippen LogP contribution < -0.4 is 5.48 Å². The van der Waals surface area contributed by atoms with Gasteiger partial charge in [0.1, 0.15) is 0 Å². The summed E-state index contributed by atoms with van der Waals surface area (Å²) >= 11 is 0. The summed E-state index contributed by atoms with van der Waals surface area (Å²) in [7, 11) is 1.73. The van der Waals surface area contributed by atoms with E-state index in [4.69, 9.17) is 5.21 Å². The molecule has 3 amide bonds. The van der Waals surface area contributed by atoms with Crippen LogP contribution >= 0.6 is 0 Å². The Bertz CT molecular complexity index is 499. The number of amides is 3. The van der Waals surface area contributed by atoms with Crippen molar-refractivity contribution in [1.82, 2.24) is 15.3 Å². The molecule has 0 aromatic carbocycles. The number of carbonyl (C=O) groups is 3. The molecule has 0 radical (unpaired) electrons. The smallest absolute Gasteiger partial charge is 0.244 e. The molecular formula is C17H31N3O4. The van der Waals surface area contributed by atoms with Crippen LogP contribution in [-0.2, 0) is 14.4 Å². The molecule has 7 nitrogen and oxygen atoms in total. The standard InChI is InChI=1S/C17H31N3O4/c1-12(2)9-17(10-13(21)18-24)7-8-20(15(17)23)11-14(22)19(6)16(3,4)5/h12,24H,7-11H2,1-6H3,(H,18,21).